The molecule has 0 amide bonds. The zero-order chi connectivity index (χ0) is 14.0. The molecule has 1 aromatic rings. The molecule has 2 N–H and O–H groups in total. The largest absolute Gasteiger partial charge is 0.493 e. The summed E-state index contributed by atoms with van der Waals surface area (Å²) in [5.74, 6) is 1.56. The third-order valence-electron chi connectivity index (χ3n) is 4.13. The SMILES string of the molecule is COc1ccc(CC2(O)CC2)cc1OC1CCCNC1. The van der Waals surface area contributed by atoms with Crippen LogP contribution in [0.3, 0.4) is 0 Å². The first-order valence-electron chi connectivity index (χ1n) is 7.45. The van der Waals surface area contributed by atoms with Crippen molar-refractivity contribution in [2.75, 3.05) is 20.2 Å². The summed E-state index contributed by atoms with van der Waals surface area (Å²) in [6.07, 6.45) is 4.94. The Morgan fingerprint density at radius 2 is 2.20 bits per heavy atom. The average molecular weight is 277 g/mol. The Labute approximate surface area is 120 Å². The summed E-state index contributed by atoms with van der Waals surface area (Å²) in [7, 11) is 1.66. The van der Waals surface area contributed by atoms with Gasteiger partial charge >= 0.3 is 0 Å². The summed E-state index contributed by atoms with van der Waals surface area (Å²) < 4.78 is 11.5. The zero-order valence-corrected chi connectivity index (χ0v) is 12.0. The molecule has 1 saturated heterocycles. The van der Waals surface area contributed by atoms with Crippen LogP contribution in [0, 0.1) is 0 Å². The van der Waals surface area contributed by atoms with Crippen molar-refractivity contribution in [2.45, 2.75) is 43.8 Å². The highest BCUT2D eigenvalue weighted by molar-refractivity contribution is 5.43. The zero-order valence-electron chi connectivity index (χ0n) is 12.0. The van der Waals surface area contributed by atoms with Crippen LogP contribution >= 0.6 is 0 Å². The first-order chi connectivity index (χ1) is 9.68. The van der Waals surface area contributed by atoms with Gasteiger partial charge in [-0.3, -0.25) is 0 Å². The predicted octanol–water partition coefficient (Wildman–Crippen LogP) is 1.89. The van der Waals surface area contributed by atoms with Crippen molar-refractivity contribution in [3.63, 3.8) is 0 Å². The molecule has 110 valence electrons. The van der Waals surface area contributed by atoms with E-state index in [1.165, 1.54) is 0 Å². The van der Waals surface area contributed by atoms with Crippen LogP contribution in [0.4, 0.5) is 0 Å². The third-order valence-corrected chi connectivity index (χ3v) is 4.13. The van der Waals surface area contributed by atoms with Crippen molar-refractivity contribution in [1.29, 1.82) is 0 Å². The fraction of sp³-hybridized carbons (Fsp3) is 0.625. The molecule has 1 saturated carbocycles. The summed E-state index contributed by atoms with van der Waals surface area (Å²) in [5.41, 5.74) is 0.641. The highest BCUT2D eigenvalue weighted by Crippen LogP contribution is 2.40. The van der Waals surface area contributed by atoms with Crippen LogP contribution < -0.4 is 14.8 Å². The van der Waals surface area contributed by atoms with E-state index in [1.807, 2.05) is 18.2 Å². The maximum atomic E-state index is 10.0. The number of benzene rings is 1. The molecule has 0 radical (unpaired) electrons. The van der Waals surface area contributed by atoms with Gasteiger partial charge in [-0.25, -0.2) is 0 Å². The van der Waals surface area contributed by atoms with Crippen LogP contribution in [0.15, 0.2) is 18.2 Å². The maximum Gasteiger partial charge on any atom is 0.161 e. The van der Waals surface area contributed by atoms with Gasteiger partial charge in [0, 0.05) is 13.0 Å². The Balaban J connectivity index is 1.73. The van der Waals surface area contributed by atoms with Crippen molar-refractivity contribution in [3.05, 3.63) is 23.8 Å². The monoisotopic (exact) mass is 277 g/mol. The average Bonchev–Trinajstić information content (AvgIpc) is 3.18. The topological polar surface area (TPSA) is 50.7 Å². The van der Waals surface area contributed by atoms with Crippen LogP contribution in [-0.2, 0) is 6.42 Å². The lowest BCUT2D eigenvalue weighted by atomic mass is 10.1. The minimum Gasteiger partial charge on any atom is -0.493 e. The fourth-order valence-electron chi connectivity index (χ4n) is 2.72. The Bertz CT molecular complexity index is 465. The van der Waals surface area contributed by atoms with Crippen LogP contribution in [-0.4, -0.2) is 37.0 Å². The van der Waals surface area contributed by atoms with Crippen LogP contribution in [0.1, 0.15) is 31.2 Å². The van der Waals surface area contributed by atoms with Gasteiger partial charge in [0.05, 0.1) is 12.7 Å². The number of aliphatic hydroxyl groups is 1. The van der Waals surface area contributed by atoms with E-state index in [0.29, 0.717) is 6.42 Å². The summed E-state index contributed by atoms with van der Waals surface area (Å²) in [4.78, 5) is 0. The van der Waals surface area contributed by atoms with Crippen molar-refractivity contribution in [3.8, 4) is 11.5 Å². The number of ether oxygens (including phenoxy) is 2. The fourth-order valence-corrected chi connectivity index (χ4v) is 2.72. The van der Waals surface area contributed by atoms with E-state index in [9.17, 15) is 5.11 Å². The summed E-state index contributed by atoms with van der Waals surface area (Å²) in [6.45, 7) is 1.96. The highest BCUT2D eigenvalue weighted by Gasteiger charge is 2.40. The molecule has 1 aromatic carbocycles. The molecule has 1 unspecified atom stereocenters. The molecule has 1 aliphatic heterocycles. The van der Waals surface area contributed by atoms with Crippen molar-refractivity contribution >= 4 is 0 Å². The van der Waals surface area contributed by atoms with E-state index in [1.54, 1.807) is 7.11 Å². The van der Waals surface area contributed by atoms with E-state index in [0.717, 1.165) is 55.8 Å². The second-order valence-corrected chi connectivity index (χ2v) is 5.97. The second kappa shape index (κ2) is 5.62. The van der Waals surface area contributed by atoms with Crippen molar-refractivity contribution < 1.29 is 14.6 Å². The molecule has 0 bridgehead atoms. The Kier molecular flexibility index (Phi) is 3.85. The number of nitrogens with one attached hydrogen (secondary N) is 1. The van der Waals surface area contributed by atoms with Gasteiger partial charge < -0.3 is 19.9 Å². The van der Waals surface area contributed by atoms with E-state index in [-0.39, 0.29) is 6.10 Å². The first-order valence-corrected chi connectivity index (χ1v) is 7.45. The van der Waals surface area contributed by atoms with E-state index >= 15 is 0 Å². The standard InChI is InChI=1S/C16H23NO3/c1-19-14-5-4-12(10-16(18)6-7-16)9-15(14)20-13-3-2-8-17-11-13/h4-5,9,13,17-18H,2-3,6-8,10-11H2,1H3. The number of hydrogen-bond donors (Lipinski definition) is 2. The van der Waals surface area contributed by atoms with Gasteiger partial charge in [0.15, 0.2) is 11.5 Å². The van der Waals surface area contributed by atoms with E-state index < -0.39 is 5.60 Å². The molecule has 1 atom stereocenters. The molecule has 2 fully saturated rings. The number of piperidine rings is 1. The quantitative estimate of drug-likeness (QED) is 0.863. The Hall–Kier alpha value is -1.26. The van der Waals surface area contributed by atoms with Gasteiger partial charge in [-0.05, 0) is 49.9 Å². The van der Waals surface area contributed by atoms with Gasteiger partial charge in [0.1, 0.15) is 6.10 Å². The summed E-state index contributed by atoms with van der Waals surface area (Å²) in [5, 5.41) is 13.4. The number of rotatable bonds is 5. The van der Waals surface area contributed by atoms with E-state index in [4.69, 9.17) is 9.47 Å². The van der Waals surface area contributed by atoms with Gasteiger partial charge in [0.2, 0.25) is 0 Å². The third kappa shape index (κ3) is 3.25. The molecular weight excluding hydrogens is 254 g/mol. The Morgan fingerprint density at radius 3 is 2.85 bits per heavy atom. The Morgan fingerprint density at radius 1 is 1.35 bits per heavy atom. The molecule has 0 spiro atoms. The lowest BCUT2D eigenvalue weighted by Gasteiger charge is -2.25. The first kappa shape index (κ1) is 13.7. The molecule has 4 heteroatoms. The lowest BCUT2D eigenvalue weighted by molar-refractivity contribution is 0.149. The normalized spacial score (nSPS) is 24.2. The van der Waals surface area contributed by atoms with Crippen molar-refractivity contribution in [2.24, 2.45) is 0 Å². The number of hydrogen-bond acceptors (Lipinski definition) is 4. The molecule has 4 nitrogen and oxygen atoms in total. The van der Waals surface area contributed by atoms with E-state index in [2.05, 4.69) is 5.32 Å². The molecule has 1 heterocycles. The molecule has 2 aliphatic rings. The molecule has 1 aliphatic carbocycles. The van der Waals surface area contributed by atoms with Gasteiger partial charge in [-0.15, -0.1) is 0 Å². The van der Waals surface area contributed by atoms with Crippen LogP contribution in [0.2, 0.25) is 0 Å². The number of methoxy groups -OCH3 is 1. The highest BCUT2D eigenvalue weighted by atomic mass is 16.5. The summed E-state index contributed by atoms with van der Waals surface area (Å²) in [6, 6.07) is 5.97. The van der Waals surface area contributed by atoms with Gasteiger partial charge in [0.25, 0.3) is 0 Å². The smallest absolute Gasteiger partial charge is 0.161 e. The summed E-state index contributed by atoms with van der Waals surface area (Å²) >= 11 is 0. The molecule has 3 rings (SSSR count). The van der Waals surface area contributed by atoms with Crippen LogP contribution in [0.25, 0.3) is 0 Å². The second-order valence-electron chi connectivity index (χ2n) is 5.97. The predicted molar refractivity (Wildman–Crippen MR) is 77.4 cm³/mol. The lowest BCUT2D eigenvalue weighted by Crippen LogP contribution is -2.37. The van der Waals surface area contributed by atoms with Crippen molar-refractivity contribution in [1.82, 2.24) is 5.32 Å². The minimum atomic E-state index is -0.474. The molecule has 0 aromatic heterocycles. The minimum absolute atomic E-state index is 0.205. The van der Waals surface area contributed by atoms with Gasteiger partial charge in [-0.1, -0.05) is 6.07 Å². The maximum absolute atomic E-state index is 10.0. The van der Waals surface area contributed by atoms with Crippen LogP contribution in [0.5, 0.6) is 11.5 Å². The van der Waals surface area contributed by atoms with Gasteiger partial charge in [-0.2, -0.15) is 0 Å². The molecular formula is C16H23NO3. The molecule has 20 heavy (non-hydrogen) atoms.